The molecule has 0 aliphatic rings. The minimum atomic E-state index is -0.766. The molecule has 0 unspecified atom stereocenters. The summed E-state index contributed by atoms with van der Waals surface area (Å²) in [6, 6.07) is -2.21. The number of methoxy groups -OCH3 is 1. The Morgan fingerprint density at radius 1 is 0.783 bits per heavy atom. The van der Waals surface area contributed by atoms with E-state index in [1.165, 1.54) is 7.11 Å². The van der Waals surface area contributed by atoms with E-state index < -0.39 is 30.0 Å². The van der Waals surface area contributed by atoms with Crippen molar-refractivity contribution in [2.24, 2.45) is 23.5 Å². The first-order valence-electron chi connectivity index (χ1n) is 7.97. The summed E-state index contributed by atoms with van der Waals surface area (Å²) in [5.41, 5.74) is 5.81. The maximum Gasteiger partial charge on any atom is 0.328 e. The maximum atomic E-state index is 12.5. The van der Waals surface area contributed by atoms with Gasteiger partial charge >= 0.3 is 5.97 Å². The first-order chi connectivity index (χ1) is 10.5. The SMILES string of the molecule is COC(=O)[C@@H](NC(=O)[C@H](NC(=O)[C@H](N)C(C)C)C(C)C)C(C)C. The van der Waals surface area contributed by atoms with Crippen LogP contribution < -0.4 is 16.4 Å². The monoisotopic (exact) mass is 329 g/mol. The number of ether oxygens (including phenoxy) is 1. The summed E-state index contributed by atoms with van der Waals surface area (Å²) in [7, 11) is 1.27. The highest BCUT2D eigenvalue weighted by Gasteiger charge is 2.32. The van der Waals surface area contributed by atoms with Crippen LogP contribution in [-0.4, -0.2) is 43.0 Å². The molecule has 0 aromatic rings. The van der Waals surface area contributed by atoms with Gasteiger partial charge in [-0.2, -0.15) is 0 Å². The van der Waals surface area contributed by atoms with Crippen LogP contribution in [0.4, 0.5) is 0 Å². The highest BCUT2D eigenvalue weighted by Crippen LogP contribution is 2.08. The summed E-state index contributed by atoms with van der Waals surface area (Å²) in [5.74, 6) is -1.64. The molecule has 0 saturated carbocycles. The Morgan fingerprint density at radius 3 is 1.57 bits per heavy atom. The molecule has 0 aromatic carbocycles. The average Bonchev–Trinajstić information content (AvgIpc) is 2.47. The number of nitrogens with one attached hydrogen (secondary N) is 2. The third-order valence-electron chi connectivity index (χ3n) is 3.69. The molecular weight excluding hydrogens is 298 g/mol. The molecule has 0 saturated heterocycles. The fourth-order valence-electron chi connectivity index (χ4n) is 1.95. The average molecular weight is 329 g/mol. The number of carbonyl (C=O) groups excluding carboxylic acids is 3. The number of amides is 2. The van der Waals surface area contributed by atoms with Crippen molar-refractivity contribution < 1.29 is 19.1 Å². The van der Waals surface area contributed by atoms with Crippen molar-refractivity contribution in [2.75, 3.05) is 7.11 Å². The van der Waals surface area contributed by atoms with E-state index in [1.54, 1.807) is 13.8 Å². The molecule has 0 heterocycles. The molecule has 0 rings (SSSR count). The standard InChI is InChI=1S/C16H31N3O4/c1-8(2)11(17)14(20)18-12(9(3)4)15(21)19-13(10(5)6)16(22)23-7/h8-13H,17H2,1-7H3,(H,18,20)(H,19,21)/t11-,12-,13+/m1/s1. The molecule has 0 fully saturated rings. The lowest BCUT2D eigenvalue weighted by atomic mass is 9.98. The Morgan fingerprint density at radius 2 is 1.22 bits per heavy atom. The first-order valence-corrected chi connectivity index (χ1v) is 7.97. The number of esters is 1. The molecule has 3 atom stereocenters. The second-order valence-corrected chi connectivity index (χ2v) is 6.75. The fraction of sp³-hybridized carbons (Fsp3) is 0.812. The highest BCUT2D eigenvalue weighted by molar-refractivity contribution is 5.92. The van der Waals surface area contributed by atoms with E-state index in [0.29, 0.717) is 0 Å². The van der Waals surface area contributed by atoms with Gasteiger partial charge in [0, 0.05) is 0 Å². The van der Waals surface area contributed by atoms with Crippen molar-refractivity contribution >= 4 is 17.8 Å². The Kier molecular flexibility index (Phi) is 8.82. The van der Waals surface area contributed by atoms with Gasteiger partial charge < -0.3 is 21.1 Å². The highest BCUT2D eigenvalue weighted by atomic mass is 16.5. The zero-order chi connectivity index (χ0) is 18.3. The van der Waals surface area contributed by atoms with Gasteiger partial charge in [-0.3, -0.25) is 9.59 Å². The van der Waals surface area contributed by atoms with E-state index in [-0.39, 0.29) is 23.7 Å². The number of nitrogens with two attached hydrogens (primary N) is 1. The van der Waals surface area contributed by atoms with E-state index in [4.69, 9.17) is 10.5 Å². The van der Waals surface area contributed by atoms with Gasteiger partial charge in [0.05, 0.1) is 13.2 Å². The summed E-state index contributed by atoms with van der Waals surface area (Å²) in [6.07, 6.45) is 0. The maximum absolute atomic E-state index is 12.5. The number of hydrogen-bond donors (Lipinski definition) is 3. The molecule has 7 nitrogen and oxygen atoms in total. The van der Waals surface area contributed by atoms with E-state index in [9.17, 15) is 14.4 Å². The minimum absolute atomic E-state index is 0.0376. The summed E-state index contributed by atoms with van der Waals surface area (Å²) in [4.78, 5) is 36.3. The van der Waals surface area contributed by atoms with Crippen molar-refractivity contribution in [3.05, 3.63) is 0 Å². The molecule has 7 heteroatoms. The summed E-state index contributed by atoms with van der Waals surface area (Å²) in [6.45, 7) is 10.9. The quantitative estimate of drug-likeness (QED) is 0.559. The Labute approximate surface area is 138 Å². The minimum Gasteiger partial charge on any atom is -0.467 e. The van der Waals surface area contributed by atoms with Crippen LogP contribution in [0.15, 0.2) is 0 Å². The lowest BCUT2D eigenvalue weighted by Gasteiger charge is -2.27. The molecular formula is C16H31N3O4. The molecule has 0 aliphatic heterocycles. The summed E-state index contributed by atoms with van der Waals surface area (Å²) >= 11 is 0. The van der Waals surface area contributed by atoms with Crippen LogP contribution in [0.3, 0.4) is 0 Å². The van der Waals surface area contributed by atoms with Crippen LogP contribution in [-0.2, 0) is 19.1 Å². The van der Waals surface area contributed by atoms with Crippen LogP contribution in [0.2, 0.25) is 0 Å². The van der Waals surface area contributed by atoms with Gasteiger partial charge in [0.25, 0.3) is 0 Å². The topological polar surface area (TPSA) is 111 Å². The molecule has 0 aliphatic carbocycles. The fourth-order valence-corrected chi connectivity index (χ4v) is 1.95. The number of carbonyl (C=O) groups is 3. The number of rotatable bonds is 8. The van der Waals surface area contributed by atoms with Crippen molar-refractivity contribution in [3.8, 4) is 0 Å². The van der Waals surface area contributed by atoms with Gasteiger partial charge in [0.15, 0.2) is 0 Å². The zero-order valence-corrected chi connectivity index (χ0v) is 15.2. The van der Waals surface area contributed by atoms with E-state index in [1.807, 2.05) is 27.7 Å². The van der Waals surface area contributed by atoms with Crippen LogP contribution in [0.5, 0.6) is 0 Å². The lowest BCUT2D eigenvalue weighted by molar-refractivity contribution is -0.146. The third kappa shape index (κ3) is 6.56. The van der Waals surface area contributed by atoms with Crippen molar-refractivity contribution in [2.45, 2.75) is 59.7 Å². The summed E-state index contributed by atoms with van der Waals surface area (Å²) in [5, 5.41) is 5.32. The van der Waals surface area contributed by atoms with Gasteiger partial charge in [0.2, 0.25) is 11.8 Å². The first kappa shape index (κ1) is 21.4. The normalized spacial score (nSPS) is 15.3. The second kappa shape index (κ2) is 9.50. The molecule has 0 spiro atoms. The Balaban J connectivity index is 5.06. The van der Waals surface area contributed by atoms with Crippen LogP contribution in [0, 0.1) is 17.8 Å². The van der Waals surface area contributed by atoms with Crippen LogP contribution >= 0.6 is 0 Å². The van der Waals surface area contributed by atoms with Crippen molar-refractivity contribution in [3.63, 3.8) is 0 Å². The van der Waals surface area contributed by atoms with Gasteiger partial charge in [0.1, 0.15) is 12.1 Å². The largest absolute Gasteiger partial charge is 0.467 e. The van der Waals surface area contributed by atoms with Crippen LogP contribution in [0.1, 0.15) is 41.5 Å². The molecule has 0 aromatic heterocycles. The van der Waals surface area contributed by atoms with Gasteiger partial charge in [-0.25, -0.2) is 4.79 Å². The van der Waals surface area contributed by atoms with E-state index in [2.05, 4.69) is 10.6 Å². The predicted octanol–water partition coefficient (Wildman–Crippen LogP) is 0.424. The summed E-state index contributed by atoms with van der Waals surface area (Å²) < 4.78 is 4.70. The van der Waals surface area contributed by atoms with Gasteiger partial charge in [-0.1, -0.05) is 41.5 Å². The van der Waals surface area contributed by atoms with Gasteiger partial charge in [-0.05, 0) is 17.8 Å². The second-order valence-electron chi connectivity index (χ2n) is 6.75. The molecule has 0 radical (unpaired) electrons. The molecule has 4 N–H and O–H groups in total. The zero-order valence-electron chi connectivity index (χ0n) is 15.2. The molecule has 0 bridgehead atoms. The number of hydrogen-bond acceptors (Lipinski definition) is 5. The van der Waals surface area contributed by atoms with Crippen molar-refractivity contribution in [1.82, 2.24) is 10.6 Å². The third-order valence-corrected chi connectivity index (χ3v) is 3.69. The van der Waals surface area contributed by atoms with E-state index in [0.717, 1.165) is 0 Å². The van der Waals surface area contributed by atoms with Gasteiger partial charge in [-0.15, -0.1) is 0 Å². The van der Waals surface area contributed by atoms with Crippen molar-refractivity contribution in [1.29, 1.82) is 0 Å². The Bertz CT molecular complexity index is 422. The van der Waals surface area contributed by atoms with Crippen LogP contribution in [0.25, 0.3) is 0 Å². The Hall–Kier alpha value is -1.63. The molecule has 2 amide bonds. The molecule has 134 valence electrons. The smallest absolute Gasteiger partial charge is 0.328 e. The van der Waals surface area contributed by atoms with E-state index >= 15 is 0 Å². The lowest BCUT2D eigenvalue weighted by Crippen LogP contribution is -2.57. The predicted molar refractivity (Wildman–Crippen MR) is 88.4 cm³/mol. The molecule has 23 heavy (non-hydrogen) atoms.